The van der Waals surface area contributed by atoms with Crippen molar-refractivity contribution in [1.82, 2.24) is 4.98 Å². The largest absolute Gasteiger partial charge is 0.481 e. The first-order valence-electron chi connectivity index (χ1n) is 7.59. The van der Waals surface area contributed by atoms with E-state index in [1.54, 1.807) is 13.3 Å². The van der Waals surface area contributed by atoms with Crippen molar-refractivity contribution in [3.05, 3.63) is 23.9 Å². The molecule has 116 valence electrons. The smallest absolute Gasteiger partial charge is 0.212 e. The van der Waals surface area contributed by atoms with Crippen LogP contribution in [0.3, 0.4) is 0 Å². The normalized spacial score (nSPS) is 30.5. The molecule has 3 rings (SSSR count). The molecule has 0 aliphatic carbocycles. The Kier molecular flexibility index (Phi) is 4.42. The SMILES string of the molecule is COc1ccc(CC(O)C2CCOC3(CCOC3)C2)cn1. The summed E-state index contributed by atoms with van der Waals surface area (Å²) in [6.07, 6.45) is 4.78. The van der Waals surface area contributed by atoms with Gasteiger partial charge in [-0.05, 0) is 24.3 Å². The highest BCUT2D eigenvalue weighted by Crippen LogP contribution is 2.37. The molecule has 1 spiro atoms. The third kappa shape index (κ3) is 3.36. The molecule has 5 nitrogen and oxygen atoms in total. The predicted octanol–water partition coefficient (Wildman–Crippen LogP) is 1.58. The number of pyridine rings is 1. The first-order valence-corrected chi connectivity index (χ1v) is 7.59. The maximum absolute atomic E-state index is 10.5. The number of nitrogens with zero attached hydrogens (tertiary/aromatic N) is 1. The zero-order valence-electron chi connectivity index (χ0n) is 12.5. The minimum absolute atomic E-state index is 0.151. The zero-order chi connectivity index (χ0) is 14.7. The lowest BCUT2D eigenvalue weighted by Crippen LogP contribution is -2.44. The van der Waals surface area contributed by atoms with Crippen LogP contribution in [0.5, 0.6) is 5.88 Å². The Morgan fingerprint density at radius 1 is 1.48 bits per heavy atom. The molecular weight excluding hydrogens is 270 g/mol. The standard InChI is InChI=1S/C16H23NO4/c1-19-15-3-2-12(10-17-15)8-14(18)13-4-6-21-16(9-13)5-7-20-11-16/h2-3,10,13-14,18H,4-9,11H2,1H3. The lowest BCUT2D eigenvalue weighted by Gasteiger charge is -2.39. The van der Waals surface area contributed by atoms with Gasteiger partial charge in [-0.3, -0.25) is 0 Å². The van der Waals surface area contributed by atoms with Gasteiger partial charge >= 0.3 is 0 Å². The van der Waals surface area contributed by atoms with Crippen molar-refractivity contribution in [2.24, 2.45) is 5.92 Å². The van der Waals surface area contributed by atoms with Crippen LogP contribution >= 0.6 is 0 Å². The van der Waals surface area contributed by atoms with Crippen LogP contribution in [-0.2, 0) is 15.9 Å². The second-order valence-corrected chi connectivity index (χ2v) is 6.07. The molecule has 2 aliphatic heterocycles. The molecule has 2 aliphatic rings. The van der Waals surface area contributed by atoms with Gasteiger partial charge in [-0.15, -0.1) is 0 Å². The Bertz CT molecular complexity index is 456. The van der Waals surface area contributed by atoms with E-state index >= 15 is 0 Å². The van der Waals surface area contributed by atoms with E-state index in [1.807, 2.05) is 12.1 Å². The van der Waals surface area contributed by atoms with Crippen molar-refractivity contribution in [3.8, 4) is 5.88 Å². The first-order chi connectivity index (χ1) is 10.2. The van der Waals surface area contributed by atoms with E-state index < -0.39 is 0 Å². The molecular formula is C16H23NO4. The van der Waals surface area contributed by atoms with E-state index in [2.05, 4.69) is 4.98 Å². The number of hydrogen-bond donors (Lipinski definition) is 1. The maximum atomic E-state index is 10.5. The van der Waals surface area contributed by atoms with E-state index in [1.165, 1.54) is 0 Å². The predicted molar refractivity (Wildman–Crippen MR) is 77.3 cm³/mol. The summed E-state index contributed by atoms with van der Waals surface area (Å²) in [5.41, 5.74) is 0.883. The van der Waals surface area contributed by atoms with Crippen molar-refractivity contribution in [1.29, 1.82) is 0 Å². The molecule has 1 aromatic heterocycles. The van der Waals surface area contributed by atoms with Crippen LogP contribution in [0.4, 0.5) is 0 Å². The van der Waals surface area contributed by atoms with Gasteiger partial charge < -0.3 is 19.3 Å². The van der Waals surface area contributed by atoms with Gasteiger partial charge in [0.05, 0.1) is 25.4 Å². The topological polar surface area (TPSA) is 60.8 Å². The highest BCUT2D eigenvalue weighted by atomic mass is 16.6. The molecule has 0 bridgehead atoms. The molecule has 1 N–H and O–H groups in total. The van der Waals surface area contributed by atoms with Gasteiger partial charge in [0.1, 0.15) is 0 Å². The second kappa shape index (κ2) is 6.30. The van der Waals surface area contributed by atoms with Gasteiger partial charge in [0.2, 0.25) is 5.88 Å². The number of ether oxygens (including phenoxy) is 3. The minimum Gasteiger partial charge on any atom is -0.481 e. The molecule has 0 saturated carbocycles. The van der Waals surface area contributed by atoms with Crippen molar-refractivity contribution in [2.45, 2.75) is 37.4 Å². The summed E-state index contributed by atoms with van der Waals surface area (Å²) in [5, 5.41) is 10.5. The summed E-state index contributed by atoms with van der Waals surface area (Å²) in [6.45, 7) is 2.15. The molecule has 3 atom stereocenters. The molecule has 2 saturated heterocycles. The number of rotatable bonds is 4. The summed E-state index contributed by atoms with van der Waals surface area (Å²) < 4.78 is 16.5. The van der Waals surface area contributed by atoms with Crippen LogP contribution in [0, 0.1) is 5.92 Å². The summed E-state index contributed by atoms with van der Waals surface area (Å²) in [7, 11) is 1.60. The second-order valence-electron chi connectivity index (χ2n) is 6.07. The monoisotopic (exact) mass is 293 g/mol. The fourth-order valence-electron chi connectivity index (χ4n) is 3.32. The minimum atomic E-state index is -0.360. The van der Waals surface area contributed by atoms with Gasteiger partial charge in [0, 0.05) is 38.3 Å². The fraction of sp³-hybridized carbons (Fsp3) is 0.688. The third-order valence-electron chi connectivity index (χ3n) is 4.59. The number of aliphatic hydroxyl groups excluding tert-OH is 1. The Hall–Kier alpha value is -1.17. The molecule has 5 heteroatoms. The van der Waals surface area contributed by atoms with Crippen molar-refractivity contribution < 1.29 is 19.3 Å². The van der Waals surface area contributed by atoms with E-state index in [4.69, 9.17) is 14.2 Å². The zero-order valence-corrected chi connectivity index (χ0v) is 12.5. The van der Waals surface area contributed by atoms with Crippen LogP contribution in [0.15, 0.2) is 18.3 Å². The quantitative estimate of drug-likeness (QED) is 0.913. The number of aromatic nitrogens is 1. The molecule has 0 aromatic carbocycles. The Balaban J connectivity index is 1.60. The van der Waals surface area contributed by atoms with E-state index in [9.17, 15) is 5.11 Å². The Morgan fingerprint density at radius 3 is 3.05 bits per heavy atom. The van der Waals surface area contributed by atoms with Crippen LogP contribution in [0.2, 0.25) is 0 Å². The van der Waals surface area contributed by atoms with E-state index in [0.29, 0.717) is 25.5 Å². The number of aliphatic hydroxyl groups is 1. The number of methoxy groups -OCH3 is 1. The van der Waals surface area contributed by atoms with Gasteiger partial charge in [-0.1, -0.05) is 6.07 Å². The van der Waals surface area contributed by atoms with Crippen LogP contribution in [0.1, 0.15) is 24.8 Å². The summed E-state index contributed by atoms with van der Waals surface area (Å²) in [5.74, 6) is 0.865. The molecule has 0 radical (unpaired) electrons. The average molecular weight is 293 g/mol. The first kappa shape index (κ1) is 14.8. The van der Waals surface area contributed by atoms with Gasteiger partial charge in [-0.25, -0.2) is 4.98 Å². The molecule has 2 fully saturated rings. The summed E-state index contributed by atoms with van der Waals surface area (Å²) >= 11 is 0. The lowest BCUT2D eigenvalue weighted by molar-refractivity contribution is -0.116. The number of hydrogen-bond acceptors (Lipinski definition) is 5. The molecule has 21 heavy (non-hydrogen) atoms. The highest BCUT2D eigenvalue weighted by molar-refractivity contribution is 5.18. The van der Waals surface area contributed by atoms with Crippen molar-refractivity contribution in [3.63, 3.8) is 0 Å². The summed E-state index contributed by atoms with van der Waals surface area (Å²) in [6, 6.07) is 3.79. The van der Waals surface area contributed by atoms with Crippen molar-refractivity contribution >= 4 is 0 Å². The third-order valence-corrected chi connectivity index (χ3v) is 4.59. The fourth-order valence-corrected chi connectivity index (χ4v) is 3.32. The molecule has 0 amide bonds. The molecule has 3 heterocycles. The van der Waals surface area contributed by atoms with Gasteiger partial charge in [0.15, 0.2) is 0 Å². The van der Waals surface area contributed by atoms with Crippen LogP contribution in [0.25, 0.3) is 0 Å². The van der Waals surface area contributed by atoms with Crippen molar-refractivity contribution in [2.75, 3.05) is 26.9 Å². The highest BCUT2D eigenvalue weighted by Gasteiger charge is 2.42. The van der Waals surface area contributed by atoms with Gasteiger partial charge in [-0.2, -0.15) is 0 Å². The Morgan fingerprint density at radius 2 is 2.38 bits per heavy atom. The maximum Gasteiger partial charge on any atom is 0.212 e. The van der Waals surface area contributed by atoms with E-state index in [-0.39, 0.29) is 17.6 Å². The molecule has 1 aromatic rings. The van der Waals surface area contributed by atoms with Crippen LogP contribution < -0.4 is 4.74 Å². The Labute approximate surface area is 125 Å². The average Bonchev–Trinajstić information content (AvgIpc) is 2.96. The molecule has 3 unspecified atom stereocenters. The van der Waals surface area contributed by atoms with Crippen LogP contribution in [-0.4, -0.2) is 48.7 Å². The van der Waals surface area contributed by atoms with E-state index in [0.717, 1.165) is 31.4 Å². The van der Waals surface area contributed by atoms with Gasteiger partial charge in [0.25, 0.3) is 0 Å². The lowest BCUT2D eigenvalue weighted by atomic mass is 9.81. The summed E-state index contributed by atoms with van der Waals surface area (Å²) in [4.78, 5) is 4.19.